The molecular weight excluding hydrogens is 152 g/mol. The summed E-state index contributed by atoms with van der Waals surface area (Å²) in [6.45, 7) is 1.90. The third-order valence-corrected chi connectivity index (χ3v) is 0.909. The van der Waals surface area contributed by atoms with Gasteiger partial charge in [0, 0.05) is 6.54 Å². The smallest absolute Gasteiger partial charge is 0.426 e. The first-order chi connectivity index (χ1) is 5.07. The molecule has 0 saturated carbocycles. The Kier molecular flexibility index (Phi) is 3.79. The van der Waals surface area contributed by atoms with E-state index >= 15 is 0 Å². The lowest BCUT2D eigenvalue weighted by Gasteiger charge is -2.16. The van der Waals surface area contributed by atoms with Crippen molar-refractivity contribution < 1.29 is 19.8 Å². The van der Waals surface area contributed by atoms with Gasteiger partial charge in [-0.05, 0) is 6.42 Å². The normalized spacial score (nSPS) is 8.82. The maximum absolute atomic E-state index is 10.2. The van der Waals surface area contributed by atoms with E-state index in [1.54, 1.807) is 12.3 Å². The van der Waals surface area contributed by atoms with Crippen LogP contribution in [0.4, 0.5) is 9.59 Å². The van der Waals surface area contributed by atoms with Crippen LogP contribution in [0.25, 0.3) is 0 Å². The molecule has 0 spiro atoms. The second kappa shape index (κ2) is 4.37. The molecule has 0 aliphatic heterocycles. The largest absolute Gasteiger partial charge is 0.464 e. The average Bonchev–Trinajstić information content (AvgIpc) is 1.86. The Labute approximate surface area is 63.4 Å². The van der Waals surface area contributed by atoms with E-state index in [-0.39, 0.29) is 6.54 Å². The van der Waals surface area contributed by atoms with Gasteiger partial charge in [0.25, 0.3) is 0 Å². The maximum atomic E-state index is 10.2. The minimum Gasteiger partial charge on any atom is -0.464 e. The second-order valence-electron chi connectivity index (χ2n) is 1.85. The summed E-state index contributed by atoms with van der Waals surface area (Å²) in [7, 11) is 0. The van der Waals surface area contributed by atoms with Gasteiger partial charge in [0.2, 0.25) is 0 Å². The van der Waals surface area contributed by atoms with Crippen LogP contribution in [0.15, 0.2) is 0 Å². The van der Waals surface area contributed by atoms with Crippen LogP contribution in [-0.4, -0.2) is 34.0 Å². The molecule has 0 aromatic carbocycles. The van der Waals surface area contributed by atoms with E-state index < -0.39 is 12.2 Å². The highest BCUT2D eigenvalue weighted by Crippen LogP contribution is 1.86. The first-order valence-corrected chi connectivity index (χ1v) is 3.08. The number of carboxylic acid groups (broad SMARTS) is 2. The van der Waals surface area contributed by atoms with Crippen molar-refractivity contribution in [3.63, 3.8) is 0 Å². The molecule has 0 fully saturated rings. The summed E-state index contributed by atoms with van der Waals surface area (Å²) >= 11 is 0. The predicted octanol–water partition coefficient (Wildman–Crippen LogP) is 0.559. The van der Waals surface area contributed by atoms with Gasteiger partial charge in [0.1, 0.15) is 0 Å². The number of rotatable bonds is 2. The zero-order chi connectivity index (χ0) is 8.85. The number of nitrogens with zero attached hydrogens (tertiary/aromatic N) is 1. The summed E-state index contributed by atoms with van der Waals surface area (Å²) in [4.78, 5) is 20.2. The molecule has 0 aromatic rings. The fourth-order valence-electron chi connectivity index (χ4n) is 0.538. The molecule has 0 heterocycles. The van der Waals surface area contributed by atoms with Gasteiger partial charge in [-0.15, -0.1) is 0 Å². The van der Waals surface area contributed by atoms with Crippen molar-refractivity contribution in [3.8, 4) is 0 Å². The Morgan fingerprint density at radius 1 is 1.45 bits per heavy atom. The molecule has 11 heavy (non-hydrogen) atoms. The Hall–Kier alpha value is -1.46. The lowest BCUT2D eigenvalue weighted by Crippen LogP contribution is -2.45. The van der Waals surface area contributed by atoms with Crippen molar-refractivity contribution in [1.82, 2.24) is 10.4 Å². The van der Waals surface area contributed by atoms with Crippen LogP contribution in [0.1, 0.15) is 13.3 Å². The monoisotopic (exact) mass is 162 g/mol. The highest BCUT2D eigenvalue weighted by molar-refractivity contribution is 5.71. The SMILES string of the molecule is CCCN(NC(=O)O)C(=O)O. The standard InChI is InChI=1S/C5H10N2O4/c1-2-3-7(5(10)11)6-4(8)9/h6H,2-3H2,1H3,(H,8,9)(H,10,11). The molecule has 0 bridgehead atoms. The van der Waals surface area contributed by atoms with Crippen molar-refractivity contribution in [3.05, 3.63) is 0 Å². The molecule has 0 aromatic heterocycles. The molecule has 0 atom stereocenters. The van der Waals surface area contributed by atoms with Crippen LogP contribution in [0.2, 0.25) is 0 Å². The quantitative estimate of drug-likeness (QED) is 0.517. The molecule has 2 amide bonds. The Bertz CT molecular complexity index is 159. The van der Waals surface area contributed by atoms with Gasteiger partial charge in [-0.2, -0.15) is 0 Å². The molecule has 0 radical (unpaired) electrons. The zero-order valence-electron chi connectivity index (χ0n) is 6.07. The van der Waals surface area contributed by atoms with Crippen molar-refractivity contribution in [2.45, 2.75) is 13.3 Å². The average molecular weight is 162 g/mol. The fourth-order valence-corrected chi connectivity index (χ4v) is 0.538. The van der Waals surface area contributed by atoms with Crippen molar-refractivity contribution in [2.24, 2.45) is 0 Å². The van der Waals surface area contributed by atoms with E-state index in [9.17, 15) is 9.59 Å². The lowest BCUT2D eigenvalue weighted by atomic mass is 10.5. The predicted molar refractivity (Wildman–Crippen MR) is 36.2 cm³/mol. The minimum atomic E-state index is -1.37. The van der Waals surface area contributed by atoms with Crippen LogP contribution in [0.3, 0.4) is 0 Å². The van der Waals surface area contributed by atoms with E-state index in [2.05, 4.69) is 0 Å². The van der Waals surface area contributed by atoms with E-state index in [0.717, 1.165) is 0 Å². The van der Waals surface area contributed by atoms with Crippen LogP contribution in [0, 0.1) is 0 Å². The molecule has 0 aliphatic carbocycles. The van der Waals surface area contributed by atoms with Crippen LogP contribution in [0.5, 0.6) is 0 Å². The van der Waals surface area contributed by atoms with Crippen molar-refractivity contribution in [1.29, 1.82) is 0 Å². The van der Waals surface area contributed by atoms with Crippen LogP contribution >= 0.6 is 0 Å². The Morgan fingerprint density at radius 3 is 2.27 bits per heavy atom. The highest BCUT2D eigenvalue weighted by Gasteiger charge is 2.11. The van der Waals surface area contributed by atoms with E-state index in [1.807, 2.05) is 0 Å². The summed E-state index contributed by atoms with van der Waals surface area (Å²) in [5.74, 6) is 0. The summed E-state index contributed by atoms with van der Waals surface area (Å²) in [6.07, 6.45) is -2.11. The van der Waals surface area contributed by atoms with Gasteiger partial charge in [0.15, 0.2) is 0 Å². The number of carbonyl (C=O) groups is 2. The summed E-state index contributed by atoms with van der Waals surface area (Å²) in [5.41, 5.74) is 1.73. The molecular formula is C5H10N2O4. The van der Waals surface area contributed by atoms with Crippen molar-refractivity contribution >= 4 is 12.2 Å². The molecule has 6 heteroatoms. The third-order valence-electron chi connectivity index (χ3n) is 0.909. The molecule has 0 aliphatic rings. The van der Waals surface area contributed by atoms with E-state index in [0.29, 0.717) is 11.4 Å². The fraction of sp³-hybridized carbons (Fsp3) is 0.600. The number of hydrazine groups is 1. The van der Waals surface area contributed by atoms with Gasteiger partial charge in [0.05, 0.1) is 0 Å². The first-order valence-electron chi connectivity index (χ1n) is 3.08. The van der Waals surface area contributed by atoms with Crippen LogP contribution in [-0.2, 0) is 0 Å². The summed E-state index contributed by atoms with van der Waals surface area (Å²) < 4.78 is 0. The molecule has 0 unspecified atom stereocenters. The van der Waals surface area contributed by atoms with E-state index in [4.69, 9.17) is 10.2 Å². The second-order valence-corrected chi connectivity index (χ2v) is 1.85. The first kappa shape index (κ1) is 9.54. The highest BCUT2D eigenvalue weighted by atomic mass is 16.4. The molecule has 6 nitrogen and oxygen atoms in total. The summed E-state index contributed by atoms with van der Waals surface area (Å²) in [6, 6.07) is 0. The molecule has 3 N–H and O–H groups in total. The maximum Gasteiger partial charge on any atom is 0.426 e. The molecule has 64 valence electrons. The number of hydrogen-bond donors (Lipinski definition) is 3. The Balaban J connectivity index is 3.89. The number of amides is 2. The summed E-state index contributed by atoms with van der Waals surface area (Å²) in [5, 5.41) is 17.1. The number of hydrogen-bond acceptors (Lipinski definition) is 2. The van der Waals surface area contributed by atoms with E-state index in [1.165, 1.54) is 0 Å². The zero-order valence-corrected chi connectivity index (χ0v) is 6.07. The van der Waals surface area contributed by atoms with Gasteiger partial charge in [-0.25, -0.2) is 20.0 Å². The Morgan fingerprint density at radius 2 is 2.00 bits per heavy atom. The van der Waals surface area contributed by atoms with Gasteiger partial charge in [-0.3, -0.25) is 0 Å². The van der Waals surface area contributed by atoms with Gasteiger partial charge >= 0.3 is 12.2 Å². The van der Waals surface area contributed by atoms with Gasteiger partial charge < -0.3 is 10.2 Å². The molecule has 0 rings (SSSR count). The van der Waals surface area contributed by atoms with Gasteiger partial charge in [-0.1, -0.05) is 6.92 Å². The van der Waals surface area contributed by atoms with Crippen LogP contribution < -0.4 is 5.43 Å². The lowest BCUT2D eigenvalue weighted by molar-refractivity contribution is 0.110. The third kappa shape index (κ3) is 4.01. The number of nitrogens with one attached hydrogen (secondary N) is 1. The van der Waals surface area contributed by atoms with Crippen molar-refractivity contribution in [2.75, 3.05) is 6.54 Å². The molecule has 0 saturated heterocycles. The topological polar surface area (TPSA) is 89.9 Å². The minimum absolute atomic E-state index is 0.154.